The third-order valence-corrected chi connectivity index (χ3v) is 6.00. The van der Waals surface area contributed by atoms with E-state index in [9.17, 15) is 9.90 Å². The third-order valence-electron chi connectivity index (χ3n) is 6.00. The molecule has 1 saturated heterocycles. The number of ether oxygens (including phenoxy) is 1. The van der Waals surface area contributed by atoms with Crippen LogP contribution in [0.25, 0.3) is 16.9 Å². The van der Waals surface area contributed by atoms with E-state index in [0.717, 1.165) is 38.3 Å². The predicted molar refractivity (Wildman–Crippen MR) is 128 cm³/mol. The number of nitrogen functional groups attached to an aromatic ring is 1. The number of piperazine rings is 1. The molecule has 4 rings (SSSR count). The second kappa shape index (κ2) is 9.51. The van der Waals surface area contributed by atoms with E-state index in [1.54, 1.807) is 19.1 Å². The zero-order valence-electron chi connectivity index (χ0n) is 19.0. The van der Waals surface area contributed by atoms with Gasteiger partial charge in [-0.3, -0.25) is 9.69 Å². The van der Waals surface area contributed by atoms with Gasteiger partial charge in [0, 0.05) is 43.9 Å². The van der Waals surface area contributed by atoms with Gasteiger partial charge in [-0.05, 0) is 37.6 Å². The quantitative estimate of drug-likeness (QED) is 0.432. The molecule has 0 atom stereocenters. The van der Waals surface area contributed by atoms with Gasteiger partial charge in [-0.1, -0.05) is 18.2 Å². The summed E-state index contributed by atoms with van der Waals surface area (Å²) in [7, 11) is 0. The van der Waals surface area contributed by atoms with Gasteiger partial charge in [0.2, 0.25) is 0 Å². The van der Waals surface area contributed by atoms with Crippen LogP contribution in [0.15, 0.2) is 36.4 Å². The number of rotatable bonds is 7. The smallest absolute Gasteiger partial charge is 0.254 e. The first-order chi connectivity index (χ1) is 15.9. The van der Waals surface area contributed by atoms with Gasteiger partial charge in [-0.25, -0.2) is 4.68 Å². The maximum absolute atomic E-state index is 12.4. The Labute approximate surface area is 192 Å². The molecule has 0 spiro atoms. The van der Waals surface area contributed by atoms with Crippen molar-refractivity contribution in [1.29, 1.82) is 0 Å². The summed E-state index contributed by atoms with van der Waals surface area (Å²) >= 11 is 0. The second-order valence-corrected chi connectivity index (χ2v) is 8.20. The molecule has 0 unspecified atom stereocenters. The highest BCUT2D eigenvalue weighted by Gasteiger charge is 2.26. The first kappa shape index (κ1) is 22.6. The van der Waals surface area contributed by atoms with E-state index in [-0.39, 0.29) is 17.1 Å². The van der Waals surface area contributed by atoms with Crippen LogP contribution < -0.4 is 21.5 Å². The Bertz CT molecular complexity index is 1170. The van der Waals surface area contributed by atoms with Crippen LogP contribution in [0.5, 0.6) is 11.5 Å². The Morgan fingerprint density at radius 3 is 2.64 bits per heavy atom. The van der Waals surface area contributed by atoms with Gasteiger partial charge in [-0.2, -0.15) is 5.10 Å². The molecule has 1 amide bonds. The summed E-state index contributed by atoms with van der Waals surface area (Å²) in [6, 6.07) is 10.8. The molecule has 174 valence electrons. The van der Waals surface area contributed by atoms with Crippen molar-refractivity contribution < 1.29 is 14.6 Å². The largest absolute Gasteiger partial charge is 0.508 e. The molecule has 0 bridgehead atoms. The predicted octanol–water partition coefficient (Wildman–Crippen LogP) is 1.83. The van der Waals surface area contributed by atoms with E-state index in [1.165, 1.54) is 4.68 Å². The molecule has 9 nitrogen and oxygen atoms in total. The van der Waals surface area contributed by atoms with Crippen LogP contribution in [-0.2, 0) is 0 Å². The first-order valence-corrected chi connectivity index (χ1v) is 11.0. The Hall–Kier alpha value is -3.56. The van der Waals surface area contributed by atoms with Crippen molar-refractivity contribution in [2.45, 2.75) is 13.8 Å². The standard InChI is InChI=1S/C24H30N6O3/c1-15-7-8-18(31)16(2)22(15)30-23(25)20(24(26)32)21(28-30)17-5-3-4-6-19(17)33-14-13-29-11-9-27-10-12-29/h3-8,27,31H,9-14,25H2,1-2H3,(H2,26,32). The summed E-state index contributed by atoms with van der Waals surface area (Å²) in [5.41, 5.74) is 15.3. The molecular formula is C24H30N6O3. The molecule has 2 heterocycles. The molecule has 33 heavy (non-hydrogen) atoms. The highest BCUT2D eigenvalue weighted by molar-refractivity contribution is 6.04. The molecule has 0 saturated carbocycles. The Kier molecular flexibility index (Phi) is 6.52. The summed E-state index contributed by atoms with van der Waals surface area (Å²) in [4.78, 5) is 14.8. The minimum Gasteiger partial charge on any atom is -0.508 e. The highest BCUT2D eigenvalue weighted by atomic mass is 16.5. The molecule has 2 aromatic carbocycles. The first-order valence-electron chi connectivity index (χ1n) is 11.0. The molecule has 0 aliphatic carbocycles. The fourth-order valence-corrected chi connectivity index (χ4v) is 4.19. The average Bonchev–Trinajstić information content (AvgIpc) is 3.14. The number of aromatic nitrogens is 2. The maximum Gasteiger partial charge on any atom is 0.254 e. The normalized spacial score (nSPS) is 14.4. The molecule has 1 aliphatic heterocycles. The van der Waals surface area contributed by atoms with Gasteiger partial charge in [0.05, 0.1) is 5.69 Å². The van der Waals surface area contributed by atoms with E-state index in [4.69, 9.17) is 16.2 Å². The average molecular weight is 451 g/mol. The number of primary amides is 1. The fourth-order valence-electron chi connectivity index (χ4n) is 4.19. The molecular weight excluding hydrogens is 420 g/mol. The second-order valence-electron chi connectivity index (χ2n) is 8.20. The lowest BCUT2D eigenvalue weighted by molar-refractivity contribution is 0.100. The van der Waals surface area contributed by atoms with Gasteiger partial charge in [0.25, 0.3) is 5.91 Å². The highest BCUT2D eigenvalue weighted by Crippen LogP contribution is 2.37. The van der Waals surface area contributed by atoms with Crippen LogP contribution in [0.4, 0.5) is 5.82 Å². The van der Waals surface area contributed by atoms with Crippen molar-refractivity contribution in [3.63, 3.8) is 0 Å². The Morgan fingerprint density at radius 1 is 1.18 bits per heavy atom. The van der Waals surface area contributed by atoms with E-state index < -0.39 is 5.91 Å². The zero-order chi connectivity index (χ0) is 23.5. The number of phenolic OH excluding ortho intramolecular Hbond substituents is 1. The van der Waals surface area contributed by atoms with Crippen LogP contribution in [0.3, 0.4) is 0 Å². The molecule has 1 aliphatic rings. The van der Waals surface area contributed by atoms with Crippen LogP contribution in [-0.4, -0.2) is 65.0 Å². The number of nitrogens with zero attached hydrogens (tertiary/aromatic N) is 3. The number of benzene rings is 2. The van der Waals surface area contributed by atoms with E-state index >= 15 is 0 Å². The van der Waals surface area contributed by atoms with Crippen LogP contribution in [0.1, 0.15) is 21.5 Å². The van der Waals surface area contributed by atoms with Gasteiger partial charge < -0.3 is 26.6 Å². The summed E-state index contributed by atoms with van der Waals surface area (Å²) in [5.74, 6) is 0.151. The summed E-state index contributed by atoms with van der Waals surface area (Å²) < 4.78 is 7.58. The number of carbonyl (C=O) groups excluding carboxylic acids is 1. The van der Waals surface area contributed by atoms with Crippen molar-refractivity contribution in [3.05, 3.63) is 53.1 Å². The third kappa shape index (κ3) is 4.50. The summed E-state index contributed by atoms with van der Waals surface area (Å²) in [6.45, 7) is 8.89. The zero-order valence-corrected chi connectivity index (χ0v) is 19.0. The molecule has 6 N–H and O–H groups in total. The van der Waals surface area contributed by atoms with Crippen LogP contribution >= 0.6 is 0 Å². The van der Waals surface area contributed by atoms with E-state index in [2.05, 4.69) is 15.3 Å². The van der Waals surface area contributed by atoms with Crippen molar-refractivity contribution in [3.8, 4) is 28.4 Å². The van der Waals surface area contributed by atoms with Crippen LogP contribution in [0.2, 0.25) is 0 Å². The van der Waals surface area contributed by atoms with Gasteiger partial charge in [-0.15, -0.1) is 0 Å². The number of phenols is 1. The van der Waals surface area contributed by atoms with Gasteiger partial charge in [0.15, 0.2) is 0 Å². The number of anilines is 1. The molecule has 1 fully saturated rings. The SMILES string of the molecule is Cc1ccc(O)c(C)c1-n1nc(-c2ccccc2OCCN2CCNCC2)c(C(N)=O)c1N. The lowest BCUT2D eigenvalue weighted by Crippen LogP contribution is -2.44. The molecule has 3 aromatic rings. The molecule has 9 heteroatoms. The van der Waals surface area contributed by atoms with Gasteiger partial charge in [0.1, 0.15) is 35.2 Å². The van der Waals surface area contributed by atoms with E-state index in [0.29, 0.717) is 34.9 Å². The summed E-state index contributed by atoms with van der Waals surface area (Å²) in [6.07, 6.45) is 0. The topological polar surface area (TPSA) is 132 Å². The molecule has 0 radical (unpaired) electrons. The number of nitrogens with two attached hydrogens (primary N) is 2. The monoisotopic (exact) mass is 450 g/mol. The van der Waals surface area contributed by atoms with E-state index in [1.807, 2.05) is 31.2 Å². The lowest BCUT2D eigenvalue weighted by Gasteiger charge is -2.27. The number of hydrogen-bond acceptors (Lipinski definition) is 7. The number of para-hydroxylation sites is 1. The number of aromatic hydroxyl groups is 1. The fraction of sp³-hybridized carbons (Fsp3) is 0.333. The minimum atomic E-state index is -0.681. The minimum absolute atomic E-state index is 0.115. The molecule has 1 aromatic heterocycles. The number of nitrogens with one attached hydrogen (secondary N) is 1. The van der Waals surface area contributed by atoms with Crippen molar-refractivity contribution in [2.75, 3.05) is 45.1 Å². The van der Waals surface area contributed by atoms with Crippen molar-refractivity contribution >= 4 is 11.7 Å². The Balaban J connectivity index is 1.72. The van der Waals surface area contributed by atoms with Crippen LogP contribution in [0, 0.1) is 13.8 Å². The number of hydrogen-bond donors (Lipinski definition) is 4. The summed E-state index contributed by atoms with van der Waals surface area (Å²) in [5, 5.41) is 18.2. The number of carbonyl (C=O) groups is 1. The number of amides is 1. The van der Waals surface area contributed by atoms with Gasteiger partial charge >= 0.3 is 0 Å². The van der Waals surface area contributed by atoms with Crippen molar-refractivity contribution in [1.82, 2.24) is 20.0 Å². The lowest BCUT2D eigenvalue weighted by atomic mass is 10.1. The Morgan fingerprint density at radius 2 is 1.91 bits per heavy atom. The van der Waals surface area contributed by atoms with Crippen molar-refractivity contribution in [2.24, 2.45) is 5.73 Å². The maximum atomic E-state index is 12.4. The number of aryl methyl sites for hydroxylation is 1.